The molecule has 3 N–H and O–H groups in total. The summed E-state index contributed by atoms with van der Waals surface area (Å²) in [5, 5.41) is 10.3. The third-order valence-corrected chi connectivity index (χ3v) is 5.96. The fourth-order valence-corrected chi connectivity index (χ4v) is 4.57. The number of nitrogens with zero attached hydrogens (tertiary/aromatic N) is 2. The minimum absolute atomic E-state index is 0.0676. The van der Waals surface area contributed by atoms with Crippen molar-refractivity contribution >= 4 is 23.5 Å². The topological polar surface area (TPSA) is 78.9 Å². The molecule has 2 aromatic carbocycles. The summed E-state index contributed by atoms with van der Waals surface area (Å²) in [6.45, 7) is 1.87. The van der Waals surface area contributed by atoms with E-state index in [1.165, 1.54) is 17.0 Å². The third-order valence-electron chi connectivity index (χ3n) is 5.74. The van der Waals surface area contributed by atoms with Gasteiger partial charge < -0.3 is 10.8 Å². The quantitative estimate of drug-likeness (QED) is 0.811. The average Bonchev–Trinajstić information content (AvgIpc) is 2.85. The highest BCUT2D eigenvalue weighted by Gasteiger charge is 2.55. The molecule has 5 nitrogen and oxygen atoms in total. The van der Waals surface area contributed by atoms with Crippen LogP contribution in [0.3, 0.4) is 0 Å². The number of carbonyl (C=O) groups excluding carboxylic acids is 1. The van der Waals surface area contributed by atoms with Crippen molar-refractivity contribution in [3.63, 3.8) is 0 Å². The number of aliphatic hydroxyl groups excluding tert-OH is 1. The van der Waals surface area contributed by atoms with Crippen LogP contribution >= 0.6 is 11.6 Å². The van der Waals surface area contributed by atoms with Crippen molar-refractivity contribution in [1.82, 2.24) is 4.90 Å². The van der Waals surface area contributed by atoms with Crippen LogP contribution in [-0.4, -0.2) is 35.5 Å². The van der Waals surface area contributed by atoms with Gasteiger partial charge in [-0.3, -0.25) is 9.69 Å². The molecule has 0 saturated heterocycles. The molecule has 1 spiro atoms. The molecule has 146 valence electrons. The van der Waals surface area contributed by atoms with Crippen molar-refractivity contribution in [3.8, 4) is 11.1 Å². The maximum absolute atomic E-state index is 13.8. The standard InChI is InChI=1S/C21H21ClFN3O2/c1-20(11-27)9-13-4-3-12(14-5-15(22)8-16(23)6-14)7-17(13)21(10-20)18(28)26(2)19(24)25-21/h3-8,27H,9-11H2,1-2H3,(H2,24,25)/t20-,21+/m0/s1. The molecule has 0 aromatic heterocycles. The van der Waals surface area contributed by atoms with Crippen molar-refractivity contribution in [2.24, 2.45) is 16.1 Å². The van der Waals surface area contributed by atoms with E-state index < -0.39 is 16.8 Å². The number of aliphatic imine (C=N–C) groups is 1. The van der Waals surface area contributed by atoms with E-state index in [1.54, 1.807) is 13.1 Å². The Balaban J connectivity index is 1.93. The predicted octanol–water partition coefficient (Wildman–Crippen LogP) is 3.07. The van der Waals surface area contributed by atoms with Gasteiger partial charge in [-0.1, -0.05) is 30.7 Å². The summed E-state index contributed by atoms with van der Waals surface area (Å²) in [6.07, 6.45) is 0.956. The van der Waals surface area contributed by atoms with Crippen LogP contribution in [0, 0.1) is 11.2 Å². The minimum Gasteiger partial charge on any atom is -0.396 e. The third kappa shape index (κ3) is 2.79. The van der Waals surface area contributed by atoms with E-state index in [9.17, 15) is 14.3 Å². The molecule has 0 radical (unpaired) electrons. The van der Waals surface area contributed by atoms with Crippen LogP contribution < -0.4 is 5.73 Å². The maximum atomic E-state index is 13.8. The van der Waals surface area contributed by atoms with Gasteiger partial charge in [0.15, 0.2) is 11.5 Å². The fraction of sp³-hybridized carbons (Fsp3) is 0.333. The van der Waals surface area contributed by atoms with Crippen molar-refractivity contribution in [3.05, 3.63) is 58.4 Å². The smallest absolute Gasteiger partial charge is 0.261 e. The molecular formula is C21H21ClFN3O2. The zero-order chi connectivity index (χ0) is 20.3. The predicted molar refractivity (Wildman–Crippen MR) is 106 cm³/mol. The number of nitrogens with two attached hydrogens (primary N) is 1. The Bertz CT molecular complexity index is 1000. The number of benzene rings is 2. The zero-order valence-corrected chi connectivity index (χ0v) is 16.4. The summed E-state index contributed by atoms with van der Waals surface area (Å²) >= 11 is 6.01. The highest BCUT2D eigenvalue weighted by atomic mass is 35.5. The molecule has 0 fully saturated rings. The summed E-state index contributed by atoms with van der Waals surface area (Å²) in [4.78, 5) is 19.1. The molecule has 0 saturated carbocycles. The molecule has 2 aromatic rings. The highest BCUT2D eigenvalue weighted by Crippen LogP contribution is 2.50. The summed E-state index contributed by atoms with van der Waals surface area (Å²) in [5.41, 5.74) is 7.32. The minimum atomic E-state index is -1.18. The molecule has 1 heterocycles. The van der Waals surface area contributed by atoms with Crippen LogP contribution in [0.5, 0.6) is 0 Å². The van der Waals surface area contributed by atoms with E-state index in [0.29, 0.717) is 23.4 Å². The van der Waals surface area contributed by atoms with Gasteiger partial charge in [-0.25, -0.2) is 9.38 Å². The van der Waals surface area contributed by atoms with Gasteiger partial charge in [-0.2, -0.15) is 0 Å². The Kier molecular flexibility index (Phi) is 4.25. The van der Waals surface area contributed by atoms with Gasteiger partial charge in [-0.15, -0.1) is 0 Å². The Morgan fingerprint density at radius 2 is 2.04 bits per heavy atom. The number of amides is 1. The monoisotopic (exact) mass is 401 g/mol. The first-order chi connectivity index (χ1) is 13.2. The molecule has 0 bridgehead atoms. The second kappa shape index (κ2) is 6.29. The summed E-state index contributed by atoms with van der Waals surface area (Å²) in [5.74, 6) is -0.501. The second-order valence-electron chi connectivity index (χ2n) is 8.05. The van der Waals surface area contributed by atoms with E-state index >= 15 is 0 Å². The van der Waals surface area contributed by atoms with E-state index in [-0.39, 0.29) is 18.5 Å². The normalized spacial score (nSPS) is 26.5. The van der Waals surface area contributed by atoms with E-state index in [1.807, 2.05) is 25.1 Å². The van der Waals surface area contributed by atoms with Crippen LogP contribution in [0.2, 0.25) is 5.02 Å². The molecule has 28 heavy (non-hydrogen) atoms. The molecular weight excluding hydrogens is 381 g/mol. The van der Waals surface area contributed by atoms with Gasteiger partial charge in [0.25, 0.3) is 5.91 Å². The van der Waals surface area contributed by atoms with Gasteiger partial charge in [-0.05, 0) is 64.8 Å². The molecule has 7 heteroatoms. The molecule has 2 atom stereocenters. The van der Waals surface area contributed by atoms with Crippen LogP contribution in [0.15, 0.2) is 41.4 Å². The lowest BCUT2D eigenvalue weighted by Crippen LogP contribution is -2.47. The molecule has 2 aliphatic rings. The number of carbonyl (C=O) groups is 1. The lowest BCUT2D eigenvalue weighted by molar-refractivity contribution is -0.132. The van der Waals surface area contributed by atoms with Crippen LogP contribution in [0.4, 0.5) is 4.39 Å². The number of halogens is 2. The number of aliphatic hydroxyl groups is 1. The molecule has 4 rings (SSSR count). The number of hydrogen-bond donors (Lipinski definition) is 2. The van der Waals surface area contributed by atoms with Gasteiger partial charge in [0, 0.05) is 18.7 Å². The molecule has 1 aliphatic heterocycles. The average molecular weight is 402 g/mol. The van der Waals surface area contributed by atoms with E-state index in [2.05, 4.69) is 4.99 Å². The van der Waals surface area contributed by atoms with Crippen LogP contribution in [0.25, 0.3) is 11.1 Å². The summed E-state index contributed by atoms with van der Waals surface area (Å²) in [6, 6.07) is 9.98. The Morgan fingerprint density at radius 1 is 1.29 bits per heavy atom. The second-order valence-corrected chi connectivity index (χ2v) is 8.48. The molecule has 1 amide bonds. The van der Waals surface area contributed by atoms with Crippen LogP contribution in [-0.2, 0) is 16.8 Å². The van der Waals surface area contributed by atoms with Crippen molar-refractivity contribution in [2.45, 2.75) is 25.3 Å². The van der Waals surface area contributed by atoms with Gasteiger partial charge in [0.2, 0.25) is 0 Å². The fourth-order valence-electron chi connectivity index (χ4n) is 4.35. The summed E-state index contributed by atoms with van der Waals surface area (Å²) in [7, 11) is 1.59. The number of fused-ring (bicyclic) bond motifs is 2. The number of guanidine groups is 1. The lowest BCUT2D eigenvalue weighted by atomic mass is 9.64. The zero-order valence-electron chi connectivity index (χ0n) is 15.7. The van der Waals surface area contributed by atoms with Crippen molar-refractivity contribution in [1.29, 1.82) is 0 Å². The van der Waals surface area contributed by atoms with Gasteiger partial charge in [0.1, 0.15) is 5.82 Å². The molecule has 1 aliphatic carbocycles. The first kappa shape index (κ1) is 18.9. The first-order valence-electron chi connectivity index (χ1n) is 9.02. The first-order valence-corrected chi connectivity index (χ1v) is 9.39. The van der Waals surface area contributed by atoms with E-state index in [0.717, 1.165) is 16.7 Å². The van der Waals surface area contributed by atoms with Crippen LogP contribution in [0.1, 0.15) is 24.5 Å². The maximum Gasteiger partial charge on any atom is 0.261 e. The number of likely N-dealkylation sites (N-methyl/N-ethyl adjacent to an activating group) is 1. The van der Waals surface area contributed by atoms with E-state index in [4.69, 9.17) is 17.3 Å². The highest BCUT2D eigenvalue weighted by molar-refractivity contribution is 6.30. The van der Waals surface area contributed by atoms with Gasteiger partial charge >= 0.3 is 0 Å². The largest absolute Gasteiger partial charge is 0.396 e. The summed E-state index contributed by atoms with van der Waals surface area (Å²) < 4.78 is 13.8. The van der Waals surface area contributed by atoms with Gasteiger partial charge in [0.05, 0.1) is 0 Å². The lowest BCUT2D eigenvalue weighted by Gasteiger charge is -2.42. The number of rotatable bonds is 2. The number of hydrogen-bond acceptors (Lipinski definition) is 4. The SMILES string of the molecule is CN1C(=O)[C@]2(C[C@@](C)(CO)Cc3ccc(-c4cc(F)cc(Cl)c4)cc32)N=C1N. The van der Waals surface area contributed by atoms with Crippen molar-refractivity contribution < 1.29 is 14.3 Å². The Hall–Kier alpha value is -2.44. The molecule has 0 unspecified atom stereocenters. The Labute approximate surface area is 167 Å². The Morgan fingerprint density at radius 3 is 2.64 bits per heavy atom. The van der Waals surface area contributed by atoms with Crippen molar-refractivity contribution in [2.75, 3.05) is 13.7 Å².